The normalized spacial score (nSPS) is 17.7. The van der Waals surface area contributed by atoms with Crippen LogP contribution in [0.15, 0.2) is 24.3 Å². The Labute approximate surface area is 127 Å². The van der Waals surface area contributed by atoms with Crippen molar-refractivity contribution in [1.29, 1.82) is 0 Å². The van der Waals surface area contributed by atoms with Gasteiger partial charge in [-0.2, -0.15) is 12.7 Å². The summed E-state index contributed by atoms with van der Waals surface area (Å²) < 4.78 is 29.2. The van der Waals surface area contributed by atoms with Gasteiger partial charge in [-0.15, -0.1) is 0 Å². The summed E-state index contributed by atoms with van der Waals surface area (Å²) in [6.45, 7) is 1.69. The fourth-order valence-corrected chi connectivity index (χ4v) is 3.81. The molecule has 0 amide bonds. The van der Waals surface area contributed by atoms with Gasteiger partial charge in [0.15, 0.2) is 0 Å². The molecule has 7 heteroatoms. The van der Waals surface area contributed by atoms with Crippen molar-refractivity contribution in [2.24, 2.45) is 11.7 Å². The number of para-hydroxylation sites is 2. The van der Waals surface area contributed by atoms with Crippen molar-refractivity contribution in [3.63, 3.8) is 0 Å². The molecule has 1 aromatic carbocycles. The Hall–Kier alpha value is -1.31. The zero-order valence-electron chi connectivity index (χ0n) is 12.6. The fourth-order valence-electron chi connectivity index (χ4n) is 2.54. The highest BCUT2D eigenvalue weighted by atomic mass is 32.2. The third-order valence-electron chi connectivity index (χ3n) is 3.87. The van der Waals surface area contributed by atoms with E-state index in [1.165, 1.54) is 4.31 Å². The molecule has 1 aliphatic rings. The van der Waals surface area contributed by atoms with Gasteiger partial charge < -0.3 is 10.6 Å². The largest absolute Gasteiger partial charge is 0.376 e. The van der Waals surface area contributed by atoms with Gasteiger partial charge in [0, 0.05) is 27.2 Å². The smallest absolute Gasteiger partial charge is 0.301 e. The van der Waals surface area contributed by atoms with Crippen molar-refractivity contribution in [3.05, 3.63) is 24.3 Å². The molecule has 118 valence electrons. The average Bonchev–Trinajstić information content (AvgIpc) is 2.47. The molecule has 21 heavy (non-hydrogen) atoms. The molecule has 0 radical (unpaired) electrons. The molecular formula is C14H24N4O2S. The highest BCUT2D eigenvalue weighted by Gasteiger charge is 2.27. The molecule has 1 fully saturated rings. The van der Waals surface area contributed by atoms with E-state index < -0.39 is 10.2 Å². The topological polar surface area (TPSA) is 78.7 Å². The molecule has 0 atom stereocenters. The molecule has 1 aromatic rings. The monoisotopic (exact) mass is 312 g/mol. The summed E-state index contributed by atoms with van der Waals surface area (Å²) in [4.78, 5) is 1.89. The fraction of sp³-hybridized carbons (Fsp3) is 0.571. The van der Waals surface area contributed by atoms with Gasteiger partial charge in [0.25, 0.3) is 0 Å². The highest BCUT2D eigenvalue weighted by molar-refractivity contribution is 7.90. The van der Waals surface area contributed by atoms with Crippen molar-refractivity contribution in [2.75, 3.05) is 43.4 Å². The molecule has 2 rings (SSSR count). The number of hydrogen-bond donors (Lipinski definition) is 2. The molecule has 0 aliphatic carbocycles. The van der Waals surface area contributed by atoms with Crippen molar-refractivity contribution in [1.82, 2.24) is 4.31 Å². The Morgan fingerprint density at radius 2 is 1.90 bits per heavy atom. The quantitative estimate of drug-likeness (QED) is 0.853. The second-order valence-electron chi connectivity index (χ2n) is 5.60. The Bertz CT molecular complexity index is 566. The first-order valence-electron chi connectivity index (χ1n) is 7.18. The van der Waals surface area contributed by atoms with Crippen LogP contribution in [0.2, 0.25) is 0 Å². The zero-order valence-corrected chi connectivity index (χ0v) is 13.4. The minimum Gasteiger partial charge on any atom is -0.376 e. The first-order valence-corrected chi connectivity index (χ1v) is 8.62. The van der Waals surface area contributed by atoms with Gasteiger partial charge in [0.2, 0.25) is 0 Å². The summed E-state index contributed by atoms with van der Waals surface area (Å²) in [5.74, 6) is 0.436. The summed E-state index contributed by atoms with van der Waals surface area (Å²) in [5, 5.41) is 0. The lowest BCUT2D eigenvalue weighted by atomic mass is 9.99. The second-order valence-corrected chi connectivity index (χ2v) is 7.27. The summed E-state index contributed by atoms with van der Waals surface area (Å²) >= 11 is 0. The minimum absolute atomic E-state index is 0.436. The first-order chi connectivity index (χ1) is 9.94. The predicted molar refractivity (Wildman–Crippen MR) is 86.7 cm³/mol. The standard InChI is InChI=1S/C14H24N4O2S/c1-17(2)14-6-4-3-5-13(14)16-21(19,20)18-9-7-12(11-15)8-10-18/h3-6,12,16H,7-11,15H2,1-2H3. The van der Waals surface area contributed by atoms with Crippen LogP contribution in [0.1, 0.15) is 12.8 Å². The number of anilines is 2. The molecule has 3 N–H and O–H groups in total. The van der Waals surface area contributed by atoms with Crippen molar-refractivity contribution >= 4 is 21.6 Å². The van der Waals surface area contributed by atoms with E-state index in [4.69, 9.17) is 5.73 Å². The third-order valence-corrected chi connectivity index (χ3v) is 5.39. The lowest BCUT2D eigenvalue weighted by Gasteiger charge is -2.31. The van der Waals surface area contributed by atoms with Crippen LogP contribution in [0.25, 0.3) is 0 Å². The van der Waals surface area contributed by atoms with Gasteiger partial charge in [0.05, 0.1) is 11.4 Å². The van der Waals surface area contributed by atoms with Crippen LogP contribution < -0.4 is 15.4 Å². The van der Waals surface area contributed by atoms with E-state index in [9.17, 15) is 8.42 Å². The minimum atomic E-state index is -3.51. The number of hydrogen-bond acceptors (Lipinski definition) is 4. The van der Waals surface area contributed by atoms with Gasteiger partial charge in [-0.25, -0.2) is 0 Å². The molecule has 6 nitrogen and oxygen atoms in total. The van der Waals surface area contributed by atoms with E-state index in [-0.39, 0.29) is 0 Å². The van der Waals surface area contributed by atoms with Crippen LogP contribution in [0, 0.1) is 5.92 Å². The van der Waals surface area contributed by atoms with E-state index in [1.54, 1.807) is 6.07 Å². The SMILES string of the molecule is CN(C)c1ccccc1NS(=O)(=O)N1CCC(CN)CC1. The third kappa shape index (κ3) is 3.87. The summed E-state index contributed by atoms with van der Waals surface area (Å²) in [6.07, 6.45) is 1.65. The lowest BCUT2D eigenvalue weighted by Crippen LogP contribution is -2.42. The van der Waals surface area contributed by atoms with Crippen molar-refractivity contribution in [3.8, 4) is 0 Å². The van der Waals surface area contributed by atoms with E-state index in [0.29, 0.717) is 31.2 Å². The van der Waals surface area contributed by atoms with Gasteiger partial charge in [0.1, 0.15) is 0 Å². The van der Waals surface area contributed by atoms with E-state index >= 15 is 0 Å². The Kier molecular flexibility index (Phi) is 5.08. The maximum absolute atomic E-state index is 12.5. The predicted octanol–water partition coefficient (Wildman–Crippen LogP) is 1.08. The number of benzene rings is 1. The molecule has 0 spiro atoms. The summed E-state index contributed by atoms with van der Waals surface area (Å²) in [5.41, 5.74) is 7.09. The van der Waals surface area contributed by atoms with Gasteiger partial charge in [-0.3, -0.25) is 4.72 Å². The molecule has 1 heterocycles. The van der Waals surface area contributed by atoms with Gasteiger partial charge in [-0.1, -0.05) is 12.1 Å². The number of rotatable bonds is 5. The molecule has 1 aliphatic heterocycles. The molecular weight excluding hydrogens is 288 g/mol. The Balaban J connectivity index is 2.12. The maximum atomic E-state index is 12.5. The van der Waals surface area contributed by atoms with E-state index in [2.05, 4.69) is 4.72 Å². The van der Waals surface area contributed by atoms with Crippen LogP contribution in [0.3, 0.4) is 0 Å². The highest BCUT2D eigenvalue weighted by Crippen LogP contribution is 2.26. The average molecular weight is 312 g/mol. The Morgan fingerprint density at radius 3 is 2.48 bits per heavy atom. The maximum Gasteiger partial charge on any atom is 0.301 e. The van der Waals surface area contributed by atoms with Crippen LogP contribution in [0.4, 0.5) is 11.4 Å². The zero-order chi connectivity index (χ0) is 15.5. The molecule has 0 unspecified atom stereocenters. The van der Waals surface area contributed by atoms with Crippen LogP contribution in [-0.2, 0) is 10.2 Å². The van der Waals surface area contributed by atoms with Crippen LogP contribution >= 0.6 is 0 Å². The van der Waals surface area contributed by atoms with Gasteiger partial charge in [-0.05, 0) is 37.4 Å². The molecule has 0 bridgehead atoms. The lowest BCUT2D eigenvalue weighted by molar-refractivity contribution is 0.280. The molecule has 1 saturated heterocycles. The van der Waals surface area contributed by atoms with Crippen LogP contribution in [-0.4, -0.2) is 46.5 Å². The second kappa shape index (κ2) is 6.64. The molecule has 0 saturated carbocycles. The number of nitrogens with one attached hydrogen (secondary N) is 1. The number of nitrogens with zero attached hydrogens (tertiary/aromatic N) is 2. The summed E-state index contributed by atoms with van der Waals surface area (Å²) in [7, 11) is 0.269. The number of piperidine rings is 1. The summed E-state index contributed by atoms with van der Waals surface area (Å²) in [6, 6.07) is 7.38. The Morgan fingerprint density at radius 1 is 1.29 bits per heavy atom. The van der Waals surface area contributed by atoms with Crippen molar-refractivity contribution < 1.29 is 8.42 Å². The van der Waals surface area contributed by atoms with Crippen molar-refractivity contribution in [2.45, 2.75) is 12.8 Å². The van der Waals surface area contributed by atoms with E-state index in [1.807, 2.05) is 37.2 Å². The first kappa shape index (κ1) is 16.1. The molecule has 0 aromatic heterocycles. The van der Waals surface area contributed by atoms with Crippen LogP contribution in [0.5, 0.6) is 0 Å². The van der Waals surface area contributed by atoms with E-state index in [0.717, 1.165) is 18.5 Å². The van der Waals surface area contributed by atoms with Gasteiger partial charge >= 0.3 is 10.2 Å². The number of nitrogens with two attached hydrogens (primary N) is 1.